The fourth-order valence-electron chi connectivity index (χ4n) is 4.08. The summed E-state index contributed by atoms with van der Waals surface area (Å²) in [7, 11) is 0. The summed E-state index contributed by atoms with van der Waals surface area (Å²) in [6, 6.07) is 0.508. The number of hydrogen-bond acceptors (Lipinski definition) is 3. The van der Waals surface area contributed by atoms with Crippen molar-refractivity contribution in [2.45, 2.75) is 82.0 Å². The maximum absolute atomic E-state index is 12.3. The van der Waals surface area contributed by atoms with Crippen LogP contribution in [0.25, 0.3) is 0 Å². The summed E-state index contributed by atoms with van der Waals surface area (Å²) >= 11 is 0. The van der Waals surface area contributed by atoms with E-state index >= 15 is 0 Å². The molecule has 3 N–H and O–H groups in total. The Morgan fingerprint density at radius 2 is 1.79 bits per heavy atom. The number of amides is 1. The summed E-state index contributed by atoms with van der Waals surface area (Å²) in [6.45, 7) is 0. The van der Waals surface area contributed by atoms with Gasteiger partial charge in [0.2, 0.25) is 5.91 Å². The van der Waals surface area contributed by atoms with E-state index in [1.165, 1.54) is 25.7 Å². The second-order valence-electron chi connectivity index (χ2n) is 6.57. The zero-order chi connectivity index (χ0) is 13.2. The van der Waals surface area contributed by atoms with Crippen molar-refractivity contribution in [3.63, 3.8) is 0 Å². The third-order valence-electron chi connectivity index (χ3n) is 5.24. The number of rotatable bonds is 2. The molecule has 0 spiro atoms. The number of aliphatic hydroxyl groups excluding tert-OH is 1. The van der Waals surface area contributed by atoms with E-state index in [0.29, 0.717) is 12.0 Å². The first kappa shape index (κ1) is 13.4. The molecule has 4 nitrogen and oxygen atoms in total. The van der Waals surface area contributed by atoms with Gasteiger partial charge in [-0.2, -0.15) is 0 Å². The minimum absolute atomic E-state index is 0.0225. The molecule has 3 unspecified atom stereocenters. The topological polar surface area (TPSA) is 61.4 Å². The summed E-state index contributed by atoms with van der Waals surface area (Å²) in [6.07, 6.45) is 9.70. The van der Waals surface area contributed by atoms with Crippen LogP contribution in [0.2, 0.25) is 0 Å². The van der Waals surface area contributed by atoms with Crippen molar-refractivity contribution in [2.75, 3.05) is 0 Å². The summed E-state index contributed by atoms with van der Waals surface area (Å²) in [5.41, 5.74) is 0. The van der Waals surface area contributed by atoms with Gasteiger partial charge >= 0.3 is 0 Å². The van der Waals surface area contributed by atoms with E-state index in [4.69, 9.17) is 0 Å². The molecule has 0 radical (unpaired) electrons. The highest BCUT2D eigenvalue weighted by atomic mass is 16.3. The fourth-order valence-corrected chi connectivity index (χ4v) is 4.08. The third kappa shape index (κ3) is 2.95. The van der Waals surface area contributed by atoms with Crippen molar-refractivity contribution in [3.8, 4) is 0 Å². The lowest BCUT2D eigenvalue weighted by atomic mass is 9.85. The first-order valence-electron chi connectivity index (χ1n) is 7.98. The van der Waals surface area contributed by atoms with E-state index < -0.39 is 0 Å². The average Bonchev–Trinajstić information content (AvgIpc) is 2.85. The van der Waals surface area contributed by atoms with Crippen molar-refractivity contribution in [1.29, 1.82) is 0 Å². The minimum Gasteiger partial charge on any atom is -0.391 e. The van der Waals surface area contributed by atoms with Crippen LogP contribution < -0.4 is 10.6 Å². The van der Waals surface area contributed by atoms with Crippen molar-refractivity contribution in [1.82, 2.24) is 10.6 Å². The summed E-state index contributed by atoms with van der Waals surface area (Å²) in [5, 5.41) is 16.5. The number of fused-ring (bicyclic) bond motifs is 1. The Hall–Kier alpha value is -0.610. The second kappa shape index (κ2) is 5.80. The number of nitrogens with one attached hydrogen (secondary N) is 2. The van der Waals surface area contributed by atoms with E-state index in [1.807, 2.05) is 0 Å². The lowest BCUT2D eigenvalue weighted by molar-refractivity contribution is -0.124. The molecule has 1 saturated heterocycles. The van der Waals surface area contributed by atoms with Crippen LogP contribution in [0.3, 0.4) is 0 Å². The summed E-state index contributed by atoms with van der Waals surface area (Å²) < 4.78 is 0. The Morgan fingerprint density at radius 1 is 1.05 bits per heavy atom. The van der Waals surface area contributed by atoms with Crippen LogP contribution in [0.5, 0.6) is 0 Å². The molecule has 1 aliphatic heterocycles. The Bertz CT molecular complexity index is 320. The molecule has 1 amide bonds. The van der Waals surface area contributed by atoms with Crippen LogP contribution >= 0.6 is 0 Å². The molecule has 0 bridgehead atoms. The predicted octanol–water partition coefficient (Wildman–Crippen LogP) is 1.33. The van der Waals surface area contributed by atoms with Gasteiger partial charge in [-0.15, -0.1) is 0 Å². The van der Waals surface area contributed by atoms with Crippen LogP contribution in [-0.2, 0) is 4.79 Å². The average molecular weight is 266 g/mol. The smallest absolute Gasteiger partial charge is 0.237 e. The zero-order valence-corrected chi connectivity index (χ0v) is 11.6. The molecule has 4 heteroatoms. The SMILES string of the molecule is O=C(N[C@@H]1CCCC[C@H]1O)C1CC2CCCCC2N1. The standard InChI is InChI=1S/C15H26N2O2/c18-14-8-4-3-7-12(14)17-15(19)13-9-10-5-1-2-6-11(10)16-13/h10-14,16,18H,1-9H2,(H,17,19)/t10?,11?,12-,13?,14-/m1/s1. The predicted molar refractivity (Wildman–Crippen MR) is 73.7 cm³/mol. The fraction of sp³-hybridized carbons (Fsp3) is 0.933. The molecule has 2 saturated carbocycles. The lowest BCUT2D eigenvalue weighted by Gasteiger charge is -2.29. The van der Waals surface area contributed by atoms with Crippen LogP contribution in [0, 0.1) is 5.92 Å². The zero-order valence-electron chi connectivity index (χ0n) is 11.6. The molecule has 3 rings (SSSR count). The van der Waals surface area contributed by atoms with Gasteiger partial charge in [0.1, 0.15) is 0 Å². The van der Waals surface area contributed by atoms with E-state index in [0.717, 1.165) is 32.1 Å². The number of carbonyl (C=O) groups excluding carboxylic acids is 1. The quantitative estimate of drug-likeness (QED) is 0.706. The van der Waals surface area contributed by atoms with Crippen LogP contribution in [-0.4, -0.2) is 35.2 Å². The monoisotopic (exact) mass is 266 g/mol. The Morgan fingerprint density at radius 3 is 2.58 bits per heavy atom. The van der Waals surface area contributed by atoms with Crippen LogP contribution in [0.15, 0.2) is 0 Å². The maximum Gasteiger partial charge on any atom is 0.237 e. The van der Waals surface area contributed by atoms with Gasteiger partial charge in [-0.1, -0.05) is 25.7 Å². The summed E-state index contributed by atoms with van der Waals surface area (Å²) in [4.78, 5) is 12.3. The Kier molecular flexibility index (Phi) is 4.08. The molecule has 3 aliphatic rings. The largest absolute Gasteiger partial charge is 0.391 e. The molecular weight excluding hydrogens is 240 g/mol. The highest BCUT2D eigenvalue weighted by Crippen LogP contribution is 2.33. The molecule has 0 aromatic rings. The van der Waals surface area contributed by atoms with Crippen molar-refractivity contribution in [2.24, 2.45) is 5.92 Å². The number of aliphatic hydroxyl groups is 1. The van der Waals surface area contributed by atoms with E-state index in [9.17, 15) is 9.90 Å². The van der Waals surface area contributed by atoms with Crippen molar-refractivity contribution in [3.05, 3.63) is 0 Å². The maximum atomic E-state index is 12.3. The van der Waals surface area contributed by atoms with Crippen molar-refractivity contribution < 1.29 is 9.90 Å². The molecule has 0 aromatic heterocycles. The first-order chi connectivity index (χ1) is 9.24. The number of carbonyl (C=O) groups is 1. The van der Waals surface area contributed by atoms with Gasteiger partial charge in [-0.25, -0.2) is 0 Å². The highest BCUT2D eigenvalue weighted by Gasteiger charge is 2.39. The van der Waals surface area contributed by atoms with Crippen LogP contribution in [0.4, 0.5) is 0 Å². The van der Waals surface area contributed by atoms with Gasteiger partial charge < -0.3 is 15.7 Å². The highest BCUT2D eigenvalue weighted by molar-refractivity contribution is 5.82. The van der Waals surface area contributed by atoms with Gasteiger partial charge in [0.05, 0.1) is 18.2 Å². The van der Waals surface area contributed by atoms with E-state index in [1.54, 1.807) is 0 Å². The molecule has 1 heterocycles. The van der Waals surface area contributed by atoms with Gasteiger partial charge in [0, 0.05) is 6.04 Å². The minimum atomic E-state index is -0.346. The van der Waals surface area contributed by atoms with Crippen molar-refractivity contribution >= 4 is 5.91 Å². The van der Waals surface area contributed by atoms with E-state index in [2.05, 4.69) is 10.6 Å². The van der Waals surface area contributed by atoms with Crippen LogP contribution in [0.1, 0.15) is 57.8 Å². The third-order valence-corrected chi connectivity index (χ3v) is 5.24. The van der Waals surface area contributed by atoms with Gasteiger partial charge in [0.15, 0.2) is 0 Å². The molecule has 3 fully saturated rings. The lowest BCUT2D eigenvalue weighted by Crippen LogP contribution is -2.51. The number of hydrogen-bond donors (Lipinski definition) is 3. The second-order valence-corrected chi connectivity index (χ2v) is 6.57. The first-order valence-corrected chi connectivity index (χ1v) is 7.98. The molecule has 19 heavy (non-hydrogen) atoms. The molecular formula is C15H26N2O2. The van der Waals surface area contributed by atoms with Gasteiger partial charge in [-0.3, -0.25) is 4.79 Å². The normalized spacial score (nSPS) is 42.7. The van der Waals surface area contributed by atoms with Gasteiger partial charge in [0.25, 0.3) is 0 Å². The molecule has 0 aromatic carbocycles. The Labute approximate surface area is 115 Å². The molecule has 108 valence electrons. The molecule has 5 atom stereocenters. The molecule has 2 aliphatic carbocycles. The van der Waals surface area contributed by atoms with E-state index in [-0.39, 0.29) is 24.1 Å². The Balaban J connectivity index is 1.53. The summed E-state index contributed by atoms with van der Waals surface area (Å²) in [5.74, 6) is 0.807. The van der Waals surface area contributed by atoms with Gasteiger partial charge in [-0.05, 0) is 38.0 Å².